The van der Waals surface area contributed by atoms with Gasteiger partial charge in [0.2, 0.25) is 0 Å². The van der Waals surface area contributed by atoms with E-state index in [1.165, 1.54) is 16.8 Å². The number of allylic oxidation sites excluding steroid dienone is 8. The van der Waals surface area contributed by atoms with Gasteiger partial charge >= 0.3 is 0 Å². The van der Waals surface area contributed by atoms with Crippen LogP contribution in [0.25, 0.3) is 23.3 Å². The summed E-state index contributed by atoms with van der Waals surface area (Å²) in [5, 5.41) is 39.6. The third-order valence-corrected chi connectivity index (χ3v) is 13.3. The number of nitrogens with zero attached hydrogens (tertiary/aromatic N) is 6. The fraction of sp³-hybridized carbons (Fsp3) is 0.161. The highest BCUT2D eigenvalue weighted by molar-refractivity contribution is 5.88. The second-order valence-corrected chi connectivity index (χ2v) is 19.5. The van der Waals surface area contributed by atoms with E-state index in [1.807, 2.05) is 85.0 Å². The third kappa shape index (κ3) is 9.03. The van der Waals surface area contributed by atoms with Crippen molar-refractivity contribution in [3.63, 3.8) is 0 Å². The van der Waals surface area contributed by atoms with E-state index in [2.05, 4.69) is 134 Å². The van der Waals surface area contributed by atoms with E-state index in [9.17, 15) is 21.0 Å². The van der Waals surface area contributed by atoms with Gasteiger partial charge in [-0.3, -0.25) is 0 Å². The van der Waals surface area contributed by atoms with Crippen LogP contribution in [-0.4, -0.2) is 13.1 Å². The molecule has 0 saturated carbocycles. The molecule has 0 spiro atoms. The molecule has 4 heterocycles. The predicted molar refractivity (Wildman–Crippen MR) is 277 cm³/mol. The molecule has 0 N–H and O–H groups in total. The number of hydrogen-bond donors (Lipinski definition) is 0. The molecule has 0 aliphatic carbocycles. The molecule has 0 amide bonds. The fourth-order valence-electron chi connectivity index (χ4n) is 10.5. The Morgan fingerprint density at radius 2 is 1.09 bits per heavy atom. The summed E-state index contributed by atoms with van der Waals surface area (Å²) in [6.07, 6.45) is 14.0. The van der Waals surface area contributed by atoms with Crippen LogP contribution in [0.5, 0.6) is 11.5 Å². The van der Waals surface area contributed by atoms with E-state index in [0.29, 0.717) is 39.7 Å². The Labute approximate surface area is 409 Å². The zero-order valence-electron chi connectivity index (χ0n) is 39.3. The highest BCUT2D eigenvalue weighted by Crippen LogP contribution is 2.48. The molecule has 70 heavy (non-hydrogen) atoms. The number of fused-ring (bicyclic) bond motifs is 2. The first kappa shape index (κ1) is 44.7. The fourth-order valence-corrected chi connectivity index (χ4v) is 10.5. The van der Waals surface area contributed by atoms with Crippen LogP contribution in [0.15, 0.2) is 186 Å². The second-order valence-electron chi connectivity index (χ2n) is 19.5. The van der Waals surface area contributed by atoms with E-state index in [1.54, 1.807) is 12.2 Å². The van der Waals surface area contributed by atoms with Gasteiger partial charge in [-0.15, -0.1) is 0 Å². The number of hydrogen-bond acceptors (Lipinski definition) is 8. The minimum Gasteiger partial charge on any atom is -0.457 e. The quantitative estimate of drug-likeness (QED) is 0.132. The van der Waals surface area contributed by atoms with E-state index in [-0.39, 0.29) is 22.0 Å². The molecule has 1 unspecified atom stereocenters. The number of para-hydroxylation sites is 3. The van der Waals surface area contributed by atoms with Gasteiger partial charge < -0.3 is 19.3 Å². The Morgan fingerprint density at radius 3 is 1.70 bits per heavy atom. The highest BCUT2D eigenvalue weighted by atomic mass is 16.5. The zero-order chi connectivity index (χ0) is 48.4. The molecule has 0 radical (unpaired) electrons. The Morgan fingerprint density at radius 1 is 0.557 bits per heavy atom. The minimum absolute atomic E-state index is 0.0286. The van der Waals surface area contributed by atoms with Gasteiger partial charge in [0.25, 0.3) is 0 Å². The van der Waals surface area contributed by atoms with Gasteiger partial charge in [0.1, 0.15) is 58.4 Å². The standard InChI is InChI=1S/C62H48N6O2/c1-61(2)34-45-28-43(21-26-52-31-56(47(36-63)37-64)54-16-10-11-17-58(54)69-52)29-46-35-62(3,41-67(40-61)60(45)46)33-44-22-27-55-57(48(38-65)39-66)32-53(70-59(55)30-44)25-20-42-18-23-51(24-19-42)68(49-12-6-4-7-13-49)50-14-8-5-9-15-50/h4-32H,33-35,40-41H2,1-3H3/b25-20+,26-21+. The minimum atomic E-state index is -0.142. The van der Waals surface area contributed by atoms with Crippen LogP contribution >= 0.6 is 0 Å². The maximum atomic E-state index is 10.1. The number of rotatable bonds is 9. The Bertz CT molecular complexity index is 3370. The summed E-state index contributed by atoms with van der Waals surface area (Å²) in [6.45, 7) is 8.86. The largest absolute Gasteiger partial charge is 0.457 e. The van der Waals surface area contributed by atoms with Crippen molar-refractivity contribution >= 4 is 46.0 Å². The lowest BCUT2D eigenvalue weighted by atomic mass is 9.70. The molecule has 4 aliphatic rings. The first-order chi connectivity index (χ1) is 34.0. The Hall–Kier alpha value is -9.08. The lowest BCUT2D eigenvalue weighted by Crippen LogP contribution is -2.50. The first-order valence-electron chi connectivity index (χ1n) is 23.4. The summed E-state index contributed by atoms with van der Waals surface area (Å²) in [4.78, 5) is 4.80. The molecule has 0 aromatic heterocycles. The predicted octanol–water partition coefficient (Wildman–Crippen LogP) is 13.9. The van der Waals surface area contributed by atoms with E-state index in [0.717, 1.165) is 71.7 Å². The molecule has 338 valence electrons. The van der Waals surface area contributed by atoms with Crippen molar-refractivity contribution < 1.29 is 9.47 Å². The summed E-state index contributed by atoms with van der Waals surface area (Å²) < 4.78 is 12.9. The Kier molecular flexibility index (Phi) is 11.9. The maximum absolute atomic E-state index is 10.1. The molecular formula is C62H48N6O2. The molecule has 0 bridgehead atoms. The molecule has 10 rings (SSSR count). The van der Waals surface area contributed by atoms with Crippen molar-refractivity contribution in [1.82, 2.24) is 0 Å². The van der Waals surface area contributed by atoms with Crippen LogP contribution in [0.1, 0.15) is 59.7 Å². The summed E-state index contributed by atoms with van der Waals surface area (Å²) in [5.41, 5.74) is 12.7. The third-order valence-electron chi connectivity index (χ3n) is 13.3. The van der Waals surface area contributed by atoms with Crippen LogP contribution in [-0.2, 0) is 19.3 Å². The van der Waals surface area contributed by atoms with E-state index >= 15 is 0 Å². The lowest BCUT2D eigenvalue weighted by molar-refractivity contribution is 0.268. The normalized spacial score (nSPS) is 17.2. The second kappa shape index (κ2) is 18.5. The number of ether oxygens (including phenoxy) is 2. The summed E-state index contributed by atoms with van der Waals surface area (Å²) in [6, 6.07) is 55.5. The molecule has 1 atom stereocenters. The van der Waals surface area contributed by atoms with Gasteiger partial charge in [0.05, 0.1) is 0 Å². The monoisotopic (exact) mass is 908 g/mol. The van der Waals surface area contributed by atoms with Crippen LogP contribution in [0.2, 0.25) is 0 Å². The van der Waals surface area contributed by atoms with E-state index in [4.69, 9.17) is 9.47 Å². The SMILES string of the molecule is CC1(C)Cc2cc(/C=C/C3=CC(=C(C#N)C#N)c4ccccc4O3)cc3c2N(C1)CC(C)(Cc1ccc2c(c1)OC(/C=C/c1ccc(N(c4ccccc4)c4ccccc4)cc1)=CC2=C(C#N)C#N)C3. The topological polar surface area (TPSA) is 120 Å². The average molecular weight is 909 g/mol. The van der Waals surface area contributed by atoms with Gasteiger partial charge in [-0.25, -0.2) is 0 Å². The smallest absolute Gasteiger partial charge is 0.137 e. The van der Waals surface area contributed by atoms with Crippen LogP contribution in [0.4, 0.5) is 22.7 Å². The van der Waals surface area contributed by atoms with Gasteiger partial charge in [0, 0.05) is 58.1 Å². The number of anilines is 4. The van der Waals surface area contributed by atoms with Gasteiger partial charge in [-0.1, -0.05) is 112 Å². The van der Waals surface area contributed by atoms with Crippen molar-refractivity contribution in [2.75, 3.05) is 22.9 Å². The van der Waals surface area contributed by atoms with Crippen LogP contribution in [0, 0.1) is 56.2 Å². The van der Waals surface area contributed by atoms with Crippen molar-refractivity contribution in [3.05, 3.63) is 225 Å². The molecule has 8 nitrogen and oxygen atoms in total. The molecule has 0 saturated heterocycles. The molecule has 6 aromatic rings. The van der Waals surface area contributed by atoms with Crippen molar-refractivity contribution in [3.8, 4) is 35.8 Å². The summed E-state index contributed by atoms with van der Waals surface area (Å²) >= 11 is 0. The summed E-state index contributed by atoms with van der Waals surface area (Å²) in [5.74, 6) is 2.30. The van der Waals surface area contributed by atoms with Crippen molar-refractivity contribution in [2.45, 2.75) is 40.0 Å². The van der Waals surface area contributed by atoms with E-state index < -0.39 is 0 Å². The first-order valence-corrected chi connectivity index (χ1v) is 23.4. The molecule has 0 fully saturated rings. The number of nitriles is 4. The Balaban J connectivity index is 0.916. The van der Waals surface area contributed by atoms with Crippen molar-refractivity contribution in [2.24, 2.45) is 10.8 Å². The van der Waals surface area contributed by atoms with Crippen molar-refractivity contribution in [1.29, 1.82) is 21.0 Å². The number of benzene rings is 6. The maximum Gasteiger partial charge on any atom is 0.137 e. The average Bonchev–Trinajstić information content (AvgIpc) is 3.36. The van der Waals surface area contributed by atoms with Gasteiger partial charge in [-0.05, 0) is 143 Å². The van der Waals surface area contributed by atoms with Gasteiger partial charge in [0.15, 0.2) is 0 Å². The van der Waals surface area contributed by atoms with Gasteiger partial charge in [-0.2, -0.15) is 21.0 Å². The highest BCUT2D eigenvalue weighted by Gasteiger charge is 2.41. The zero-order valence-corrected chi connectivity index (χ0v) is 39.3. The van der Waals surface area contributed by atoms with Crippen LogP contribution in [0.3, 0.4) is 0 Å². The molecular weight excluding hydrogens is 861 g/mol. The summed E-state index contributed by atoms with van der Waals surface area (Å²) in [7, 11) is 0. The molecule has 6 aromatic carbocycles. The van der Waals surface area contributed by atoms with Crippen LogP contribution < -0.4 is 19.3 Å². The lowest BCUT2D eigenvalue weighted by Gasteiger charge is -2.50. The molecule has 4 aliphatic heterocycles. The molecule has 8 heteroatoms.